The zero-order valence-corrected chi connectivity index (χ0v) is 19.7. The molecule has 0 aliphatic rings. The zero-order chi connectivity index (χ0) is 24.8. The molecule has 3 aromatic carbocycles. The van der Waals surface area contributed by atoms with Crippen LogP contribution in [-0.4, -0.2) is 31.8 Å². The largest absolute Gasteiger partial charge is 0.494 e. The summed E-state index contributed by atoms with van der Waals surface area (Å²) < 4.78 is 33.1. The van der Waals surface area contributed by atoms with Crippen LogP contribution in [0.25, 0.3) is 10.9 Å². The van der Waals surface area contributed by atoms with Crippen molar-refractivity contribution in [2.24, 2.45) is 0 Å². The van der Waals surface area contributed by atoms with Gasteiger partial charge in [-0.25, -0.2) is 8.42 Å². The Morgan fingerprint density at radius 3 is 2.34 bits per heavy atom. The van der Waals surface area contributed by atoms with Crippen LogP contribution in [0, 0.1) is 0 Å². The monoisotopic (exact) mass is 492 g/mol. The summed E-state index contributed by atoms with van der Waals surface area (Å²) in [7, 11) is -3.85. The van der Waals surface area contributed by atoms with Crippen molar-refractivity contribution in [1.82, 2.24) is 15.8 Å². The second-order valence-corrected chi connectivity index (χ2v) is 9.31. The standard InChI is InChI=1S/C25H24N4O5S/c1-2-34-20-11-9-19(10-12-20)29-35(32,33)21-13-7-17(8-14-21)25(31)28-27-24(30)15-18-16-26-23-6-4-3-5-22(18)23/h3-14,16,26,29H,2,15H2,1H3,(H,27,30)(H,28,31). The van der Waals surface area contributed by atoms with E-state index in [4.69, 9.17) is 4.74 Å². The van der Waals surface area contributed by atoms with Crippen LogP contribution in [0.5, 0.6) is 5.75 Å². The normalized spacial score (nSPS) is 11.1. The van der Waals surface area contributed by atoms with Gasteiger partial charge in [0.15, 0.2) is 0 Å². The van der Waals surface area contributed by atoms with Gasteiger partial charge in [0.2, 0.25) is 5.91 Å². The number of sulfonamides is 1. The fourth-order valence-corrected chi connectivity index (χ4v) is 4.54. The zero-order valence-electron chi connectivity index (χ0n) is 18.9. The first kappa shape index (κ1) is 23.8. The van der Waals surface area contributed by atoms with Crippen LogP contribution < -0.4 is 20.3 Å². The van der Waals surface area contributed by atoms with Crippen molar-refractivity contribution in [3.8, 4) is 5.75 Å². The summed E-state index contributed by atoms with van der Waals surface area (Å²) in [6.07, 6.45) is 1.84. The van der Waals surface area contributed by atoms with Gasteiger partial charge in [0.1, 0.15) is 5.75 Å². The number of anilines is 1. The van der Waals surface area contributed by atoms with Gasteiger partial charge < -0.3 is 9.72 Å². The molecule has 0 radical (unpaired) electrons. The summed E-state index contributed by atoms with van der Waals surface area (Å²) >= 11 is 0. The molecule has 1 aromatic heterocycles. The highest BCUT2D eigenvalue weighted by atomic mass is 32.2. The number of carbonyl (C=O) groups is 2. The number of hydrogen-bond donors (Lipinski definition) is 4. The molecule has 0 fully saturated rings. The molecule has 0 unspecified atom stereocenters. The Hall–Kier alpha value is -4.31. The highest BCUT2D eigenvalue weighted by Gasteiger charge is 2.16. The number of nitrogens with one attached hydrogen (secondary N) is 4. The highest BCUT2D eigenvalue weighted by Crippen LogP contribution is 2.20. The average molecular weight is 493 g/mol. The molecule has 4 N–H and O–H groups in total. The molecule has 4 rings (SSSR count). The summed E-state index contributed by atoms with van der Waals surface area (Å²) in [4.78, 5) is 27.8. The van der Waals surface area contributed by atoms with Crippen LogP contribution in [-0.2, 0) is 21.2 Å². The first-order valence-electron chi connectivity index (χ1n) is 10.9. The van der Waals surface area contributed by atoms with Gasteiger partial charge in [-0.3, -0.25) is 25.2 Å². The van der Waals surface area contributed by atoms with Gasteiger partial charge in [-0.2, -0.15) is 0 Å². The van der Waals surface area contributed by atoms with E-state index in [1.807, 2.05) is 31.2 Å². The lowest BCUT2D eigenvalue weighted by atomic mass is 10.1. The minimum Gasteiger partial charge on any atom is -0.494 e. The third kappa shape index (κ3) is 5.79. The molecule has 1 heterocycles. The molecule has 180 valence electrons. The smallest absolute Gasteiger partial charge is 0.269 e. The van der Waals surface area contributed by atoms with Gasteiger partial charge in [-0.1, -0.05) is 18.2 Å². The quantitative estimate of drug-likeness (QED) is 0.280. The Morgan fingerprint density at radius 1 is 0.914 bits per heavy atom. The maximum Gasteiger partial charge on any atom is 0.269 e. The number of benzene rings is 3. The van der Waals surface area contributed by atoms with Crippen LogP contribution in [0.3, 0.4) is 0 Å². The van der Waals surface area contributed by atoms with Crippen molar-refractivity contribution in [2.75, 3.05) is 11.3 Å². The minimum absolute atomic E-state index is 0.00805. The van der Waals surface area contributed by atoms with E-state index in [1.54, 1.807) is 30.5 Å². The van der Waals surface area contributed by atoms with Gasteiger partial charge in [0, 0.05) is 28.4 Å². The van der Waals surface area contributed by atoms with Crippen LogP contribution in [0.1, 0.15) is 22.8 Å². The van der Waals surface area contributed by atoms with E-state index in [2.05, 4.69) is 20.6 Å². The molecule has 35 heavy (non-hydrogen) atoms. The van der Waals surface area contributed by atoms with Gasteiger partial charge >= 0.3 is 0 Å². The SMILES string of the molecule is CCOc1ccc(NS(=O)(=O)c2ccc(C(=O)NNC(=O)Cc3c[nH]c4ccccc34)cc2)cc1. The second-order valence-electron chi connectivity index (χ2n) is 7.63. The third-order valence-corrected chi connectivity index (χ3v) is 6.58. The lowest BCUT2D eigenvalue weighted by Gasteiger charge is -2.10. The van der Waals surface area contributed by atoms with Crippen LogP contribution in [0.2, 0.25) is 0 Å². The molecular weight excluding hydrogens is 468 g/mol. The molecule has 0 atom stereocenters. The molecule has 0 aliphatic heterocycles. The summed E-state index contributed by atoms with van der Waals surface area (Å²) in [5.74, 6) is -0.318. The number of carbonyl (C=O) groups excluding carboxylic acids is 2. The van der Waals surface area contributed by atoms with E-state index < -0.39 is 15.9 Å². The fraction of sp³-hybridized carbons (Fsp3) is 0.120. The number of ether oxygens (including phenoxy) is 1. The van der Waals surface area contributed by atoms with E-state index in [-0.39, 0.29) is 22.8 Å². The Labute approximate surface area is 202 Å². The minimum atomic E-state index is -3.85. The molecule has 0 spiro atoms. The van der Waals surface area contributed by atoms with Crippen molar-refractivity contribution in [3.63, 3.8) is 0 Å². The molecule has 0 saturated heterocycles. The second kappa shape index (κ2) is 10.3. The van der Waals surface area contributed by atoms with Crippen molar-refractivity contribution in [2.45, 2.75) is 18.2 Å². The predicted octanol–water partition coefficient (Wildman–Crippen LogP) is 3.37. The summed E-state index contributed by atoms with van der Waals surface area (Å²) in [6, 6.07) is 19.5. The molecule has 0 aliphatic carbocycles. The number of para-hydroxylation sites is 1. The number of H-pyrrole nitrogens is 1. The lowest BCUT2D eigenvalue weighted by Crippen LogP contribution is -2.42. The van der Waals surface area contributed by atoms with E-state index in [0.29, 0.717) is 18.0 Å². The van der Waals surface area contributed by atoms with Crippen LogP contribution in [0.15, 0.2) is 83.9 Å². The molecule has 4 aromatic rings. The Morgan fingerprint density at radius 2 is 1.63 bits per heavy atom. The topological polar surface area (TPSA) is 129 Å². The lowest BCUT2D eigenvalue weighted by molar-refractivity contribution is -0.121. The molecule has 0 bridgehead atoms. The summed E-state index contributed by atoms with van der Waals surface area (Å²) in [5, 5.41) is 0.935. The third-order valence-electron chi connectivity index (χ3n) is 5.19. The molecule has 10 heteroatoms. The number of aromatic amines is 1. The van der Waals surface area contributed by atoms with Crippen molar-refractivity contribution in [1.29, 1.82) is 0 Å². The fourth-order valence-electron chi connectivity index (χ4n) is 3.48. The number of hydrogen-bond acceptors (Lipinski definition) is 5. The van der Waals surface area contributed by atoms with Crippen molar-refractivity contribution in [3.05, 3.63) is 90.1 Å². The van der Waals surface area contributed by atoms with Crippen molar-refractivity contribution < 1.29 is 22.7 Å². The Kier molecular flexibility index (Phi) is 7.02. The van der Waals surface area contributed by atoms with Crippen LogP contribution in [0.4, 0.5) is 5.69 Å². The Bertz CT molecular complexity index is 1450. The first-order valence-corrected chi connectivity index (χ1v) is 12.3. The molecular formula is C25H24N4O5S. The van der Waals surface area contributed by atoms with Gasteiger partial charge in [-0.15, -0.1) is 0 Å². The molecule has 0 saturated carbocycles. The number of fused-ring (bicyclic) bond motifs is 1. The summed E-state index contributed by atoms with van der Waals surface area (Å²) in [6.45, 7) is 2.37. The number of aromatic nitrogens is 1. The number of hydrazine groups is 1. The van der Waals surface area contributed by atoms with Gasteiger partial charge in [0.05, 0.1) is 17.9 Å². The first-order chi connectivity index (χ1) is 16.9. The van der Waals surface area contributed by atoms with E-state index in [0.717, 1.165) is 16.5 Å². The predicted molar refractivity (Wildman–Crippen MR) is 132 cm³/mol. The van der Waals surface area contributed by atoms with E-state index >= 15 is 0 Å². The number of amides is 2. The number of rotatable bonds is 8. The Balaban J connectivity index is 1.33. The average Bonchev–Trinajstić information content (AvgIpc) is 3.26. The van der Waals surface area contributed by atoms with Gasteiger partial charge in [-0.05, 0) is 67.1 Å². The van der Waals surface area contributed by atoms with E-state index in [9.17, 15) is 18.0 Å². The maximum atomic E-state index is 12.7. The van der Waals surface area contributed by atoms with Crippen LogP contribution >= 0.6 is 0 Å². The molecule has 2 amide bonds. The highest BCUT2D eigenvalue weighted by molar-refractivity contribution is 7.92. The van der Waals surface area contributed by atoms with Crippen molar-refractivity contribution >= 4 is 38.4 Å². The van der Waals surface area contributed by atoms with Gasteiger partial charge in [0.25, 0.3) is 15.9 Å². The summed E-state index contributed by atoms with van der Waals surface area (Å²) in [5.41, 5.74) is 7.03. The maximum absolute atomic E-state index is 12.7. The molecule has 9 nitrogen and oxygen atoms in total. The van der Waals surface area contributed by atoms with E-state index in [1.165, 1.54) is 24.3 Å².